The molecule has 0 amide bonds. The molecular formula is C14H19F5O6. The molecule has 11 heteroatoms. The quantitative estimate of drug-likeness (QED) is 0.280. The molecule has 0 unspecified atom stereocenters. The Morgan fingerprint density at radius 1 is 0.800 bits per heavy atom. The van der Waals surface area contributed by atoms with Crippen LogP contribution < -0.4 is 0 Å². The lowest BCUT2D eigenvalue weighted by atomic mass is 9.91. The third-order valence-electron chi connectivity index (χ3n) is 2.64. The molecule has 0 rings (SSSR count). The van der Waals surface area contributed by atoms with Crippen LogP contribution >= 0.6 is 0 Å². The van der Waals surface area contributed by atoms with Crippen molar-refractivity contribution in [1.29, 1.82) is 0 Å². The summed E-state index contributed by atoms with van der Waals surface area (Å²) in [6.45, 7) is 2.63. The van der Waals surface area contributed by atoms with Gasteiger partial charge in [-0.3, -0.25) is 14.4 Å². The van der Waals surface area contributed by atoms with Crippen molar-refractivity contribution in [2.45, 2.75) is 52.1 Å². The van der Waals surface area contributed by atoms with Gasteiger partial charge in [0, 0.05) is 6.42 Å². The number of rotatable bonds is 8. The first-order chi connectivity index (χ1) is 11.1. The maximum atomic E-state index is 12.5. The summed E-state index contributed by atoms with van der Waals surface area (Å²) in [5.74, 6) is -8.82. The first-order valence-electron chi connectivity index (χ1n) is 7.05. The molecule has 0 saturated carbocycles. The molecule has 6 nitrogen and oxygen atoms in total. The Balaban J connectivity index is 4.03. The van der Waals surface area contributed by atoms with E-state index in [9.17, 15) is 36.3 Å². The third-order valence-corrected chi connectivity index (χ3v) is 2.64. The van der Waals surface area contributed by atoms with E-state index in [0.717, 1.165) is 0 Å². The molecule has 0 aliphatic heterocycles. The average molecular weight is 378 g/mol. The topological polar surface area (TPSA) is 78.9 Å². The lowest BCUT2D eigenvalue weighted by Crippen LogP contribution is -2.41. The van der Waals surface area contributed by atoms with E-state index in [0.29, 0.717) is 6.42 Å². The summed E-state index contributed by atoms with van der Waals surface area (Å²) in [6, 6.07) is 0. The Morgan fingerprint density at radius 2 is 1.28 bits per heavy atom. The van der Waals surface area contributed by atoms with E-state index >= 15 is 0 Å². The minimum Gasteiger partial charge on any atom is -0.458 e. The first kappa shape index (κ1) is 23.1. The molecule has 0 aromatic heterocycles. The average Bonchev–Trinajstić information content (AvgIpc) is 2.41. The molecule has 0 radical (unpaired) electrons. The summed E-state index contributed by atoms with van der Waals surface area (Å²) in [7, 11) is 0. The summed E-state index contributed by atoms with van der Waals surface area (Å²) in [5, 5.41) is 0. The molecule has 25 heavy (non-hydrogen) atoms. The third kappa shape index (κ3) is 10.5. The second kappa shape index (κ2) is 8.95. The molecule has 0 aromatic carbocycles. The van der Waals surface area contributed by atoms with E-state index in [1.54, 1.807) is 0 Å². The minimum atomic E-state index is -5.88. The number of esters is 3. The van der Waals surface area contributed by atoms with Gasteiger partial charge in [-0.2, -0.15) is 22.0 Å². The molecule has 0 aliphatic rings. The van der Waals surface area contributed by atoms with Gasteiger partial charge in [0.05, 0.1) is 0 Å². The van der Waals surface area contributed by atoms with Gasteiger partial charge in [0.1, 0.15) is 6.42 Å². The van der Waals surface area contributed by atoms with Gasteiger partial charge in [-0.15, -0.1) is 0 Å². The number of carbonyl (C=O) groups excluding carboxylic acids is 3. The van der Waals surface area contributed by atoms with E-state index in [1.165, 1.54) is 0 Å². The van der Waals surface area contributed by atoms with Crippen LogP contribution in [0.3, 0.4) is 0 Å². The van der Waals surface area contributed by atoms with Crippen LogP contribution in [0, 0.1) is 5.41 Å². The van der Waals surface area contributed by atoms with Crippen LogP contribution in [-0.2, 0) is 28.6 Å². The van der Waals surface area contributed by atoms with Crippen LogP contribution in [0.15, 0.2) is 0 Å². The van der Waals surface area contributed by atoms with E-state index in [-0.39, 0.29) is 11.8 Å². The van der Waals surface area contributed by atoms with Crippen molar-refractivity contribution in [1.82, 2.24) is 0 Å². The SMILES string of the molecule is CC(C)(C)CCC(=O)OCOC(=O)CC(=O)OCC(F)(F)C(F)(F)F. The normalized spacial score (nSPS) is 12.5. The highest BCUT2D eigenvalue weighted by molar-refractivity contribution is 5.91. The number of ether oxygens (including phenoxy) is 3. The van der Waals surface area contributed by atoms with Crippen LogP contribution in [0.1, 0.15) is 40.0 Å². The van der Waals surface area contributed by atoms with Gasteiger partial charge in [-0.05, 0) is 11.8 Å². The summed E-state index contributed by atoms with van der Waals surface area (Å²) < 4.78 is 73.1. The molecule has 146 valence electrons. The number of carbonyl (C=O) groups is 3. The Hall–Kier alpha value is -1.94. The minimum absolute atomic E-state index is 0.0651. The second-order valence-corrected chi connectivity index (χ2v) is 6.25. The lowest BCUT2D eigenvalue weighted by molar-refractivity contribution is -0.294. The van der Waals surface area contributed by atoms with Crippen LogP contribution in [0.2, 0.25) is 0 Å². The fourth-order valence-electron chi connectivity index (χ4n) is 1.18. The van der Waals surface area contributed by atoms with Crippen molar-refractivity contribution >= 4 is 17.9 Å². The Bertz CT molecular complexity index is 481. The maximum absolute atomic E-state index is 12.5. The molecule has 0 fully saturated rings. The summed E-state index contributed by atoms with van der Waals surface area (Å²) in [4.78, 5) is 33.5. The monoisotopic (exact) mass is 378 g/mol. The highest BCUT2D eigenvalue weighted by Gasteiger charge is 2.58. The van der Waals surface area contributed by atoms with Crippen molar-refractivity contribution in [3.8, 4) is 0 Å². The Morgan fingerprint density at radius 3 is 1.76 bits per heavy atom. The van der Waals surface area contributed by atoms with Crippen LogP contribution in [0.4, 0.5) is 22.0 Å². The van der Waals surface area contributed by atoms with Gasteiger partial charge >= 0.3 is 30.0 Å². The van der Waals surface area contributed by atoms with E-state index in [2.05, 4.69) is 14.2 Å². The van der Waals surface area contributed by atoms with Crippen molar-refractivity contribution in [3.05, 3.63) is 0 Å². The lowest BCUT2D eigenvalue weighted by Gasteiger charge is -2.18. The highest BCUT2D eigenvalue weighted by atomic mass is 19.4. The van der Waals surface area contributed by atoms with Gasteiger partial charge in [0.25, 0.3) is 0 Å². The van der Waals surface area contributed by atoms with E-state index < -0.39 is 49.8 Å². The molecular weight excluding hydrogens is 359 g/mol. The predicted octanol–water partition coefficient (Wildman–Crippen LogP) is 2.99. The Labute approximate surface area is 140 Å². The Kier molecular flexibility index (Phi) is 8.26. The zero-order chi connectivity index (χ0) is 19.9. The molecule has 0 heterocycles. The van der Waals surface area contributed by atoms with Crippen LogP contribution in [-0.4, -0.2) is 43.4 Å². The van der Waals surface area contributed by atoms with Gasteiger partial charge in [0.15, 0.2) is 6.61 Å². The van der Waals surface area contributed by atoms with Gasteiger partial charge in [-0.1, -0.05) is 20.8 Å². The van der Waals surface area contributed by atoms with Crippen LogP contribution in [0.5, 0.6) is 0 Å². The number of halogens is 5. The first-order valence-corrected chi connectivity index (χ1v) is 7.05. The van der Waals surface area contributed by atoms with Gasteiger partial charge < -0.3 is 14.2 Å². The van der Waals surface area contributed by atoms with Gasteiger partial charge in [-0.25, -0.2) is 0 Å². The number of alkyl halides is 5. The molecule has 0 atom stereocenters. The fourth-order valence-corrected chi connectivity index (χ4v) is 1.18. The number of hydrogen-bond donors (Lipinski definition) is 0. The van der Waals surface area contributed by atoms with E-state index in [1.807, 2.05) is 20.8 Å². The standard InChI is InChI=1S/C14H19F5O6/c1-12(2,3)5-4-9(20)24-8-25-11(22)6-10(21)23-7-13(15,16)14(17,18)19/h4-8H2,1-3H3. The summed E-state index contributed by atoms with van der Waals surface area (Å²) >= 11 is 0. The van der Waals surface area contributed by atoms with Crippen molar-refractivity contribution in [2.24, 2.45) is 5.41 Å². The second-order valence-electron chi connectivity index (χ2n) is 6.25. The summed E-state index contributed by atoms with van der Waals surface area (Å²) in [6.07, 6.45) is -6.50. The zero-order valence-corrected chi connectivity index (χ0v) is 13.9. The van der Waals surface area contributed by atoms with Crippen molar-refractivity contribution in [2.75, 3.05) is 13.4 Å². The molecule has 0 bridgehead atoms. The molecule has 0 saturated heterocycles. The van der Waals surface area contributed by atoms with Crippen molar-refractivity contribution < 1.29 is 50.5 Å². The van der Waals surface area contributed by atoms with Crippen LogP contribution in [0.25, 0.3) is 0 Å². The van der Waals surface area contributed by atoms with Gasteiger partial charge in [0.2, 0.25) is 6.79 Å². The smallest absolute Gasteiger partial charge is 0.456 e. The maximum Gasteiger partial charge on any atom is 0.456 e. The molecule has 0 aromatic rings. The summed E-state index contributed by atoms with van der Waals surface area (Å²) in [5.41, 5.74) is -0.113. The predicted molar refractivity (Wildman–Crippen MR) is 72.3 cm³/mol. The molecule has 0 spiro atoms. The largest absolute Gasteiger partial charge is 0.458 e. The fraction of sp³-hybridized carbons (Fsp3) is 0.786. The zero-order valence-electron chi connectivity index (χ0n) is 13.9. The van der Waals surface area contributed by atoms with E-state index in [4.69, 9.17) is 0 Å². The molecule has 0 N–H and O–H groups in total. The molecule has 0 aliphatic carbocycles. The number of hydrogen-bond acceptors (Lipinski definition) is 6. The highest BCUT2D eigenvalue weighted by Crippen LogP contribution is 2.35. The van der Waals surface area contributed by atoms with Crippen molar-refractivity contribution in [3.63, 3.8) is 0 Å².